The van der Waals surface area contributed by atoms with Gasteiger partial charge < -0.3 is 4.57 Å². The van der Waals surface area contributed by atoms with E-state index in [1.807, 2.05) is 48.2 Å². The lowest BCUT2D eigenvalue weighted by Crippen LogP contribution is -1.94. The average molecular weight is 614 g/mol. The van der Waals surface area contributed by atoms with Crippen LogP contribution in [0.5, 0.6) is 0 Å². The molecular formula is C38H23N5S2. The number of fused-ring (bicyclic) bond motifs is 5. The van der Waals surface area contributed by atoms with E-state index >= 15 is 0 Å². The molecule has 212 valence electrons. The summed E-state index contributed by atoms with van der Waals surface area (Å²) in [4.78, 5) is 20.0. The molecule has 7 heteroatoms. The van der Waals surface area contributed by atoms with Gasteiger partial charge in [-0.15, -0.1) is 22.7 Å². The molecule has 4 aromatic carbocycles. The summed E-state index contributed by atoms with van der Waals surface area (Å²) >= 11 is 3.25. The molecule has 0 fully saturated rings. The molecule has 0 spiro atoms. The number of nitrogens with zero attached hydrogens (tertiary/aromatic N) is 5. The summed E-state index contributed by atoms with van der Waals surface area (Å²) in [6.07, 6.45) is 11.5. The van der Waals surface area contributed by atoms with Crippen molar-refractivity contribution in [1.82, 2.24) is 24.5 Å². The van der Waals surface area contributed by atoms with Crippen molar-refractivity contribution < 1.29 is 0 Å². The molecule has 0 aliphatic rings. The lowest BCUT2D eigenvalue weighted by atomic mass is 9.94. The molecule has 0 amide bonds. The van der Waals surface area contributed by atoms with Crippen LogP contribution >= 0.6 is 22.7 Å². The first kappa shape index (κ1) is 25.9. The Morgan fingerprint density at radius 2 is 1.09 bits per heavy atom. The van der Waals surface area contributed by atoms with Crippen molar-refractivity contribution in [1.29, 1.82) is 0 Å². The molecule has 0 saturated heterocycles. The molecule has 0 aliphatic heterocycles. The first-order valence-electron chi connectivity index (χ1n) is 14.6. The highest BCUT2D eigenvalue weighted by Gasteiger charge is 2.19. The monoisotopic (exact) mass is 613 g/mol. The molecule has 5 nitrogen and oxygen atoms in total. The zero-order valence-electron chi connectivity index (χ0n) is 23.8. The Bertz CT molecular complexity index is 2480. The summed E-state index contributed by atoms with van der Waals surface area (Å²) in [5.41, 5.74) is 13.7. The quantitative estimate of drug-likeness (QED) is 0.194. The maximum Gasteiger partial charge on any atom is 0.0797 e. The topological polar surface area (TPSA) is 56.5 Å². The Morgan fingerprint density at radius 3 is 1.80 bits per heavy atom. The van der Waals surface area contributed by atoms with Crippen molar-refractivity contribution in [2.45, 2.75) is 0 Å². The Kier molecular flexibility index (Phi) is 6.11. The van der Waals surface area contributed by atoms with Gasteiger partial charge in [-0.05, 0) is 58.3 Å². The van der Waals surface area contributed by atoms with Crippen molar-refractivity contribution in [3.8, 4) is 48.8 Å². The number of aromatic nitrogens is 5. The Labute approximate surface area is 266 Å². The van der Waals surface area contributed by atoms with Gasteiger partial charge in [-0.2, -0.15) is 0 Å². The molecule has 0 aliphatic carbocycles. The van der Waals surface area contributed by atoms with Gasteiger partial charge in [-0.25, -0.2) is 0 Å². The van der Waals surface area contributed by atoms with Gasteiger partial charge in [-0.3, -0.25) is 19.9 Å². The highest BCUT2D eigenvalue weighted by molar-refractivity contribution is 7.13. The maximum atomic E-state index is 4.66. The van der Waals surface area contributed by atoms with Crippen molar-refractivity contribution in [3.05, 3.63) is 139 Å². The van der Waals surface area contributed by atoms with Crippen LogP contribution in [0.25, 0.3) is 81.4 Å². The molecule has 0 saturated carbocycles. The lowest BCUT2D eigenvalue weighted by Gasteiger charge is -2.12. The van der Waals surface area contributed by atoms with E-state index in [4.69, 9.17) is 0 Å². The zero-order chi connectivity index (χ0) is 29.7. The smallest absolute Gasteiger partial charge is 0.0797 e. The zero-order valence-corrected chi connectivity index (χ0v) is 25.5. The largest absolute Gasteiger partial charge is 0.309 e. The van der Waals surface area contributed by atoms with Gasteiger partial charge in [-0.1, -0.05) is 54.6 Å². The van der Waals surface area contributed by atoms with E-state index in [0.29, 0.717) is 0 Å². The minimum atomic E-state index is 1.07. The molecular weight excluding hydrogens is 591 g/mol. The molecule has 0 bridgehead atoms. The van der Waals surface area contributed by atoms with Crippen LogP contribution in [0.15, 0.2) is 139 Å². The molecule has 9 rings (SSSR count). The number of hydrogen-bond donors (Lipinski definition) is 0. The number of benzene rings is 4. The second-order valence-corrected chi connectivity index (χ2v) is 12.7. The lowest BCUT2D eigenvalue weighted by molar-refractivity contribution is 1.18. The predicted molar refractivity (Wildman–Crippen MR) is 187 cm³/mol. The minimum absolute atomic E-state index is 1.07. The van der Waals surface area contributed by atoms with Crippen LogP contribution < -0.4 is 0 Å². The molecule has 0 unspecified atom stereocenters. The standard InChI is InChI=1S/C38H23N5S2/c1-2-6-29(7-3-1)43-34-14-24(25-12-27(18-39-16-25)36-20-41-22-44-36)10-11-32(34)38-31-9-5-4-8-30(31)33(15-35(38)43)26-13-28(19-40-17-26)37-21-42-23-45-37/h1-23H. The molecule has 45 heavy (non-hydrogen) atoms. The van der Waals surface area contributed by atoms with E-state index in [9.17, 15) is 0 Å². The van der Waals surface area contributed by atoms with Gasteiger partial charge >= 0.3 is 0 Å². The molecule has 5 aromatic heterocycles. The molecule has 0 atom stereocenters. The predicted octanol–water partition coefficient (Wildman–Crippen LogP) is 10.3. The van der Waals surface area contributed by atoms with E-state index in [0.717, 1.165) is 59.9 Å². The molecule has 9 aromatic rings. The Hall–Kier alpha value is -5.50. The van der Waals surface area contributed by atoms with Crippen LogP contribution in [0.1, 0.15) is 0 Å². The van der Waals surface area contributed by atoms with Gasteiger partial charge in [0.05, 0.1) is 31.8 Å². The van der Waals surface area contributed by atoms with E-state index in [1.165, 1.54) is 21.5 Å². The SMILES string of the molecule is c1ccc(-n2c3cc(-c4cncc(-c5cncs5)c4)ccc3c3c4ccccc4c(-c4cncc(-c5cncs5)c4)cc32)cc1. The summed E-state index contributed by atoms with van der Waals surface area (Å²) in [5.74, 6) is 0. The maximum absolute atomic E-state index is 4.66. The number of rotatable bonds is 5. The summed E-state index contributed by atoms with van der Waals surface area (Å²) in [6.45, 7) is 0. The van der Waals surface area contributed by atoms with Crippen LogP contribution in [0.3, 0.4) is 0 Å². The van der Waals surface area contributed by atoms with Crippen LogP contribution in [0.4, 0.5) is 0 Å². The van der Waals surface area contributed by atoms with Gasteiger partial charge in [0.15, 0.2) is 0 Å². The van der Waals surface area contributed by atoms with Crippen LogP contribution in [-0.4, -0.2) is 24.5 Å². The molecule has 0 N–H and O–H groups in total. The van der Waals surface area contributed by atoms with Gasteiger partial charge in [0.2, 0.25) is 0 Å². The molecule has 5 heterocycles. The fourth-order valence-corrected chi connectivity index (χ4v) is 7.53. The van der Waals surface area contributed by atoms with Crippen LogP contribution in [-0.2, 0) is 0 Å². The third-order valence-electron chi connectivity index (χ3n) is 8.34. The average Bonchev–Trinajstić information content (AvgIpc) is 3.90. The Balaban J connectivity index is 1.34. The summed E-state index contributed by atoms with van der Waals surface area (Å²) in [6, 6.07) is 32.9. The van der Waals surface area contributed by atoms with Crippen LogP contribution in [0.2, 0.25) is 0 Å². The summed E-state index contributed by atoms with van der Waals surface area (Å²) in [5, 5.41) is 4.87. The molecule has 0 radical (unpaired) electrons. The number of para-hydroxylation sites is 1. The normalized spacial score (nSPS) is 11.6. The fraction of sp³-hybridized carbons (Fsp3) is 0. The fourth-order valence-electron chi connectivity index (χ4n) is 6.32. The highest BCUT2D eigenvalue weighted by atomic mass is 32.1. The third kappa shape index (κ3) is 4.36. The Morgan fingerprint density at radius 1 is 0.444 bits per heavy atom. The second-order valence-electron chi connectivity index (χ2n) is 10.9. The third-order valence-corrected chi connectivity index (χ3v) is 9.99. The number of hydrogen-bond acceptors (Lipinski definition) is 6. The number of pyridine rings is 2. The minimum Gasteiger partial charge on any atom is -0.309 e. The van der Waals surface area contributed by atoms with Gasteiger partial charge in [0.25, 0.3) is 0 Å². The van der Waals surface area contributed by atoms with E-state index < -0.39 is 0 Å². The van der Waals surface area contributed by atoms with Crippen LogP contribution in [0, 0.1) is 0 Å². The summed E-state index contributed by atoms with van der Waals surface area (Å²) < 4.78 is 2.39. The number of thiazole rings is 2. The first-order valence-corrected chi connectivity index (χ1v) is 16.3. The van der Waals surface area contributed by atoms with Crippen molar-refractivity contribution >= 4 is 55.3 Å². The van der Waals surface area contributed by atoms with Gasteiger partial charge in [0, 0.05) is 75.9 Å². The highest BCUT2D eigenvalue weighted by Crippen LogP contribution is 2.43. The van der Waals surface area contributed by atoms with Gasteiger partial charge in [0.1, 0.15) is 0 Å². The first-order chi connectivity index (χ1) is 22.3. The van der Waals surface area contributed by atoms with Crippen molar-refractivity contribution in [2.24, 2.45) is 0 Å². The van der Waals surface area contributed by atoms with E-state index in [-0.39, 0.29) is 0 Å². The second kappa shape index (κ2) is 10.6. The van der Waals surface area contributed by atoms with E-state index in [2.05, 4.69) is 115 Å². The van der Waals surface area contributed by atoms with Crippen molar-refractivity contribution in [3.63, 3.8) is 0 Å². The van der Waals surface area contributed by atoms with Crippen molar-refractivity contribution in [2.75, 3.05) is 0 Å². The van der Waals surface area contributed by atoms with E-state index in [1.54, 1.807) is 22.7 Å². The summed E-state index contributed by atoms with van der Waals surface area (Å²) in [7, 11) is 0.